The molecule has 4 saturated carbocycles. The molecule has 2 nitrogen and oxygen atoms in total. The maximum absolute atomic E-state index is 12.2. The number of hydrogen-bond acceptors (Lipinski definition) is 2. The van der Waals surface area contributed by atoms with Gasteiger partial charge in [-0.3, -0.25) is 4.79 Å². The fourth-order valence-corrected chi connectivity index (χ4v) is 8.38. The molecule has 146 valence electrons. The Morgan fingerprint density at radius 2 is 1.77 bits per heavy atom. The number of carbonyl (C=O) groups is 1. The predicted octanol–water partition coefficient (Wildman–Crippen LogP) is 5.54. The van der Waals surface area contributed by atoms with Crippen molar-refractivity contribution >= 4 is 5.78 Å². The standard InChI is InChI=1S/C24H38O2/c1-6-15(2)24(26)12-10-20-19-8-7-17-14-18(25)13-16(3)23(17,5)21(19)9-11-22(20,24)4/h6,16-17,19-21,26H,7-14H2,1-5H3/t16-,17-,19-,20-,21-,22-,23-,24+/m0/s1. The molecule has 4 aliphatic carbocycles. The molecule has 4 rings (SSSR count). The van der Waals surface area contributed by atoms with Crippen LogP contribution in [0.2, 0.25) is 0 Å². The second-order valence-electron chi connectivity index (χ2n) is 10.7. The third-order valence-corrected chi connectivity index (χ3v) is 10.3. The molecule has 0 unspecified atom stereocenters. The smallest absolute Gasteiger partial charge is 0.133 e. The van der Waals surface area contributed by atoms with Gasteiger partial charge in [0, 0.05) is 18.3 Å². The lowest BCUT2D eigenvalue weighted by Crippen LogP contribution is -2.58. The van der Waals surface area contributed by atoms with E-state index in [0.29, 0.717) is 29.0 Å². The quantitative estimate of drug-likeness (QED) is 0.625. The van der Waals surface area contributed by atoms with Crippen LogP contribution in [0.25, 0.3) is 0 Å². The van der Waals surface area contributed by atoms with Gasteiger partial charge in [0.15, 0.2) is 0 Å². The molecule has 8 atom stereocenters. The molecule has 0 amide bonds. The molecule has 0 aromatic carbocycles. The molecule has 0 radical (unpaired) electrons. The summed E-state index contributed by atoms with van der Waals surface area (Å²) in [5, 5.41) is 11.7. The number of fused-ring (bicyclic) bond motifs is 5. The minimum absolute atomic E-state index is 0.0294. The summed E-state index contributed by atoms with van der Waals surface area (Å²) in [5.74, 6) is 3.74. The summed E-state index contributed by atoms with van der Waals surface area (Å²) in [7, 11) is 0. The summed E-state index contributed by atoms with van der Waals surface area (Å²) < 4.78 is 0. The Morgan fingerprint density at radius 3 is 2.46 bits per heavy atom. The topological polar surface area (TPSA) is 37.3 Å². The molecule has 0 heterocycles. The van der Waals surface area contributed by atoms with E-state index in [-0.39, 0.29) is 5.41 Å². The van der Waals surface area contributed by atoms with E-state index in [1.54, 1.807) is 0 Å². The second-order valence-corrected chi connectivity index (χ2v) is 10.7. The van der Waals surface area contributed by atoms with Crippen LogP contribution < -0.4 is 0 Å². The summed E-state index contributed by atoms with van der Waals surface area (Å²) in [6.07, 6.45) is 10.7. The van der Waals surface area contributed by atoms with Gasteiger partial charge in [0.25, 0.3) is 0 Å². The van der Waals surface area contributed by atoms with Crippen molar-refractivity contribution in [3.63, 3.8) is 0 Å². The van der Waals surface area contributed by atoms with Crippen LogP contribution in [-0.2, 0) is 4.79 Å². The Hall–Kier alpha value is -0.630. The van der Waals surface area contributed by atoms with Crippen LogP contribution in [0.4, 0.5) is 0 Å². The molecule has 0 saturated heterocycles. The van der Waals surface area contributed by atoms with E-state index in [9.17, 15) is 9.90 Å². The van der Waals surface area contributed by atoms with E-state index in [4.69, 9.17) is 0 Å². The molecule has 0 bridgehead atoms. The number of Topliss-reactive ketones (excluding diaryl/α,β-unsaturated/α-hetero) is 1. The Kier molecular flexibility index (Phi) is 4.27. The van der Waals surface area contributed by atoms with E-state index in [0.717, 1.165) is 37.5 Å². The van der Waals surface area contributed by atoms with E-state index in [2.05, 4.69) is 40.7 Å². The fraction of sp³-hybridized carbons (Fsp3) is 0.875. The first kappa shape index (κ1) is 18.7. The Balaban J connectivity index is 1.68. The van der Waals surface area contributed by atoms with Crippen LogP contribution in [0.1, 0.15) is 86.0 Å². The highest BCUT2D eigenvalue weighted by Gasteiger charge is 2.65. The van der Waals surface area contributed by atoms with Crippen LogP contribution in [0.15, 0.2) is 11.6 Å². The highest BCUT2D eigenvalue weighted by atomic mass is 16.3. The molecule has 0 spiro atoms. The Labute approximate surface area is 159 Å². The number of ketones is 1. The van der Waals surface area contributed by atoms with Crippen molar-refractivity contribution < 1.29 is 9.90 Å². The SMILES string of the molecule is CC=C(C)[C@]1(O)CC[C@H]2[C@@H]3CC[C@H]4CC(=O)C[C@H](C)[C@]4(C)[C@H]3CC[C@@]21C. The van der Waals surface area contributed by atoms with Crippen LogP contribution in [-0.4, -0.2) is 16.5 Å². The van der Waals surface area contributed by atoms with E-state index in [1.807, 2.05) is 0 Å². The van der Waals surface area contributed by atoms with Gasteiger partial charge in [-0.2, -0.15) is 0 Å². The largest absolute Gasteiger partial charge is 0.385 e. The van der Waals surface area contributed by atoms with Gasteiger partial charge >= 0.3 is 0 Å². The molecular formula is C24H38O2. The molecule has 1 N–H and O–H groups in total. The van der Waals surface area contributed by atoms with Crippen molar-refractivity contribution in [3.8, 4) is 0 Å². The Morgan fingerprint density at radius 1 is 1.08 bits per heavy atom. The zero-order valence-corrected chi connectivity index (χ0v) is 17.5. The first-order valence-electron chi connectivity index (χ1n) is 11.1. The molecular weight excluding hydrogens is 320 g/mol. The third kappa shape index (κ3) is 2.17. The summed E-state index contributed by atoms with van der Waals surface area (Å²) >= 11 is 0. The summed E-state index contributed by atoms with van der Waals surface area (Å²) in [4.78, 5) is 12.2. The number of aliphatic hydroxyl groups is 1. The molecule has 2 heteroatoms. The number of hydrogen-bond donors (Lipinski definition) is 1. The van der Waals surface area contributed by atoms with E-state index < -0.39 is 5.60 Å². The number of allylic oxidation sites excluding steroid dienone is 1. The van der Waals surface area contributed by atoms with E-state index in [1.165, 1.54) is 31.3 Å². The lowest BCUT2D eigenvalue weighted by molar-refractivity contribution is -0.162. The van der Waals surface area contributed by atoms with Gasteiger partial charge in [0.2, 0.25) is 0 Å². The molecule has 0 aromatic rings. The van der Waals surface area contributed by atoms with E-state index >= 15 is 0 Å². The Bertz CT molecular complexity index is 636. The minimum atomic E-state index is -0.608. The van der Waals surface area contributed by atoms with Gasteiger partial charge in [0.05, 0.1) is 5.60 Å². The van der Waals surface area contributed by atoms with Crippen LogP contribution in [0.3, 0.4) is 0 Å². The number of rotatable bonds is 1. The monoisotopic (exact) mass is 358 g/mol. The molecule has 0 aliphatic heterocycles. The average Bonchev–Trinajstić information content (AvgIpc) is 2.88. The van der Waals surface area contributed by atoms with Crippen molar-refractivity contribution in [2.45, 2.75) is 91.6 Å². The fourth-order valence-electron chi connectivity index (χ4n) is 8.38. The van der Waals surface area contributed by atoms with Gasteiger partial charge in [-0.15, -0.1) is 0 Å². The van der Waals surface area contributed by atoms with Gasteiger partial charge in [-0.1, -0.05) is 26.8 Å². The number of carbonyl (C=O) groups excluding carboxylic acids is 1. The zero-order valence-electron chi connectivity index (χ0n) is 17.5. The van der Waals surface area contributed by atoms with Gasteiger partial charge in [0.1, 0.15) is 5.78 Å². The highest BCUT2D eigenvalue weighted by molar-refractivity contribution is 5.80. The first-order chi connectivity index (χ1) is 12.2. The van der Waals surface area contributed by atoms with Crippen molar-refractivity contribution in [1.82, 2.24) is 0 Å². The summed E-state index contributed by atoms with van der Waals surface area (Å²) in [5.41, 5.74) is 0.928. The normalized spacial score (nSPS) is 54.5. The zero-order chi connectivity index (χ0) is 18.9. The highest BCUT2D eigenvalue weighted by Crippen LogP contribution is 2.69. The summed E-state index contributed by atoms with van der Waals surface area (Å²) in [6.45, 7) is 11.5. The lowest BCUT2D eigenvalue weighted by Gasteiger charge is -2.62. The first-order valence-corrected chi connectivity index (χ1v) is 11.1. The molecule has 0 aromatic heterocycles. The summed E-state index contributed by atoms with van der Waals surface area (Å²) in [6, 6.07) is 0. The molecule has 4 aliphatic rings. The predicted molar refractivity (Wildman–Crippen MR) is 106 cm³/mol. The third-order valence-electron chi connectivity index (χ3n) is 10.3. The molecule has 4 fully saturated rings. The van der Waals surface area contributed by atoms with Crippen molar-refractivity contribution in [1.29, 1.82) is 0 Å². The molecule has 26 heavy (non-hydrogen) atoms. The van der Waals surface area contributed by atoms with Gasteiger partial charge in [-0.05, 0) is 93.0 Å². The van der Waals surface area contributed by atoms with Crippen LogP contribution in [0.5, 0.6) is 0 Å². The van der Waals surface area contributed by atoms with Crippen molar-refractivity contribution in [3.05, 3.63) is 11.6 Å². The van der Waals surface area contributed by atoms with Crippen LogP contribution in [0, 0.1) is 40.4 Å². The van der Waals surface area contributed by atoms with Crippen molar-refractivity contribution in [2.24, 2.45) is 40.4 Å². The second kappa shape index (κ2) is 5.93. The maximum Gasteiger partial charge on any atom is 0.133 e. The lowest BCUT2D eigenvalue weighted by atomic mass is 9.42. The van der Waals surface area contributed by atoms with Crippen LogP contribution >= 0.6 is 0 Å². The average molecular weight is 359 g/mol. The van der Waals surface area contributed by atoms with Gasteiger partial charge < -0.3 is 5.11 Å². The van der Waals surface area contributed by atoms with Crippen molar-refractivity contribution in [2.75, 3.05) is 0 Å². The maximum atomic E-state index is 12.2. The minimum Gasteiger partial charge on any atom is -0.385 e. The van der Waals surface area contributed by atoms with Gasteiger partial charge in [-0.25, -0.2) is 0 Å².